The standard InChI is InChI=1S/C13H13NO5S.CHF3/c1-13-8-2-3-9-14(13)12(15)18-10-4-6-11(7-5-10)20(16,17)19-13;2-1(3)4/h2-7H,8-9H2,1H3;1H. The molecule has 0 saturated heterocycles. The number of nitrogens with zero attached hydrogens (tertiary/aromatic N) is 1. The van der Waals surface area contributed by atoms with E-state index >= 15 is 0 Å². The summed E-state index contributed by atoms with van der Waals surface area (Å²) in [6.45, 7) is -1.87. The second-order valence-electron chi connectivity index (χ2n) is 5.09. The Morgan fingerprint density at radius 3 is 2.33 bits per heavy atom. The molecule has 1 aromatic carbocycles. The highest BCUT2D eigenvalue weighted by Gasteiger charge is 2.43. The zero-order valence-corrected chi connectivity index (χ0v) is 13.3. The van der Waals surface area contributed by atoms with E-state index < -0.39 is 28.6 Å². The van der Waals surface area contributed by atoms with Gasteiger partial charge in [-0.1, -0.05) is 12.2 Å². The van der Waals surface area contributed by atoms with Gasteiger partial charge in [0.2, 0.25) is 0 Å². The quantitative estimate of drug-likeness (QED) is 0.522. The normalized spacial score (nSPS) is 24.7. The van der Waals surface area contributed by atoms with Gasteiger partial charge in [-0.2, -0.15) is 21.6 Å². The number of alkyl halides is 3. The summed E-state index contributed by atoms with van der Waals surface area (Å²) in [7, 11) is -3.94. The number of carbonyl (C=O) groups excluding carboxylic acids is 1. The first kappa shape index (κ1) is 18.3. The van der Waals surface area contributed by atoms with Crippen LogP contribution in [0.2, 0.25) is 0 Å². The van der Waals surface area contributed by atoms with E-state index in [2.05, 4.69) is 0 Å². The molecule has 0 fully saturated rings. The van der Waals surface area contributed by atoms with Crippen LogP contribution in [0.3, 0.4) is 0 Å². The third kappa shape index (κ3) is 4.06. The SMILES string of the molecule is CC12CC=CCN1C(=O)Oc1ccc(cc1)S(=O)(=O)O2.FC(F)F. The van der Waals surface area contributed by atoms with Gasteiger partial charge in [-0.3, -0.25) is 4.90 Å². The molecule has 24 heavy (non-hydrogen) atoms. The van der Waals surface area contributed by atoms with E-state index in [-0.39, 0.29) is 17.9 Å². The Balaban J connectivity index is 0.000000471. The van der Waals surface area contributed by atoms with Gasteiger partial charge < -0.3 is 4.74 Å². The Kier molecular flexibility index (Phi) is 5.19. The minimum absolute atomic E-state index is 0.0370. The van der Waals surface area contributed by atoms with Crippen molar-refractivity contribution < 1.29 is 35.3 Å². The number of hydrogen-bond donors (Lipinski definition) is 0. The zero-order valence-electron chi connectivity index (χ0n) is 12.5. The van der Waals surface area contributed by atoms with E-state index in [9.17, 15) is 26.4 Å². The van der Waals surface area contributed by atoms with Gasteiger partial charge in [0, 0.05) is 13.0 Å². The number of amides is 1. The molecule has 0 spiro atoms. The van der Waals surface area contributed by atoms with E-state index in [1.807, 2.05) is 0 Å². The maximum Gasteiger partial charge on any atom is 0.417 e. The summed E-state index contributed by atoms with van der Waals surface area (Å²) >= 11 is 0. The summed E-state index contributed by atoms with van der Waals surface area (Å²) in [5.74, 6) is 0.299. The maximum atomic E-state index is 12.3. The second-order valence-corrected chi connectivity index (χ2v) is 6.63. The average molecular weight is 365 g/mol. The van der Waals surface area contributed by atoms with Crippen molar-refractivity contribution in [1.29, 1.82) is 0 Å². The first-order valence-electron chi connectivity index (χ1n) is 6.76. The lowest BCUT2D eigenvalue weighted by Crippen LogP contribution is -2.55. The fourth-order valence-corrected chi connectivity index (χ4v) is 3.44. The molecule has 4 rings (SSSR count). The Morgan fingerprint density at radius 2 is 1.75 bits per heavy atom. The van der Waals surface area contributed by atoms with Gasteiger partial charge in [0.1, 0.15) is 5.75 Å². The Morgan fingerprint density at radius 1 is 1.17 bits per heavy atom. The smallest absolute Gasteiger partial charge is 0.410 e. The van der Waals surface area contributed by atoms with Gasteiger partial charge in [-0.25, -0.2) is 8.98 Å². The molecule has 1 unspecified atom stereocenters. The molecule has 1 aromatic rings. The van der Waals surface area contributed by atoms with Crippen molar-refractivity contribution in [2.45, 2.75) is 30.6 Å². The minimum Gasteiger partial charge on any atom is -0.410 e. The van der Waals surface area contributed by atoms with E-state index in [0.717, 1.165) is 0 Å². The highest BCUT2D eigenvalue weighted by Crippen LogP contribution is 2.32. The molecule has 0 aliphatic carbocycles. The number of ether oxygens (including phenoxy) is 1. The van der Waals surface area contributed by atoms with Crippen LogP contribution in [0.5, 0.6) is 5.75 Å². The van der Waals surface area contributed by atoms with Gasteiger partial charge in [-0.15, -0.1) is 0 Å². The van der Waals surface area contributed by atoms with Gasteiger partial charge in [0.25, 0.3) is 10.1 Å². The van der Waals surface area contributed by atoms with Crippen molar-refractivity contribution in [1.82, 2.24) is 4.90 Å². The number of carbonyl (C=O) groups is 1. The fourth-order valence-electron chi connectivity index (χ4n) is 2.25. The zero-order chi connectivity index (χ0) is 18.0. The predicted molar refractivity (Wildman–Crippen MR) is 76.7 cm³/mol. The second kappa shape index (κ2) is 6.81. The molecule has 0 radical (unpaired) electrons. The molecule has 10 heteroatoms. The molecular weight excluding hydrogens is 351 g/mol. The number of fused-ring (bicyclic) bond motifs is 4. The van der Waals surface area contributed by atoms with Crippen LogP contribution >= 0.6 is 0 Å². The van der Waals surface area contributed by atoms with E-state index in [1.165, 1.54) is 29.2 Å². The largest absolute Gasteiger partial charge is 0.417 e. The fraction of sp³-hybridized carbons (Fsp3) is 0.357. The molecule has 0 aromatic heterocycles. The van der Waals surface area contributed by atoms with Crippen LogP contribution in [0.15, 0.2) is 41.3 Å². The summed E-state index contributed by atoms with van der Waals surface area (Å²) in [6.07, 6.45) is 3.19. The van der Waals surface area contributed by atoms with Crippen molar-refractivity contribution in [3.8, 4) is 5.75 Å². The summed E-state index contributed by atoms with van der Waals surface area (Å²) in [6, 6.07) is 5.57. The summed E-state index contributed by atoms with van der Waals surface area (Å²) in [4.78, 5) is 13.5. The number of benzene rings is 1. The van der Waals surface area contributed by atoms with Crippen molar-refractivity contribution in [3.05, 3.63) is 36.4 Å². The maximum absolute atomic E-state index is 12.3. The highest BCUT2D eigenvalue weighted by molar-refractivity contribution is 7.86. The van der Waals surface area contributed by atoms with E-state index in [4.69, 9.17) is 8.92 Å². The molecular formula is C14H14F3NO5S. The summed E-state index contributed by atoms with van der Waals surface area (Å²) in [5.41, 5.74) is -1.28. The molecule has 1 atom stereocenters. The topological polar surface area (TPSA) is 72.9 Å². The van der Waals surface area contributed by atoms with Crippen molar-refractivity contribution in [2.75, 3.05) is 6.54 Å². The first-order chi connectivity index (χ1) is 11.1. The molecule has 3 aliphatic heterocycles. The lowest BCUT2D eigenvalue weighted by molar-refractivity contribution is -0.0452. The third-order valence-corrected chi connectivity index (χ3v) is 4.78. The summed E-state index contributed by atoms with van der Waals surface area (Å²) in [5, 5.41) is 0. The monoisotopic (exact) mass is 365 g/mol. The summed E-state index contributed by atoms with van der Waals surface area (Å²) < 4.78 is 64.1. The number of hydrogen-bond acceptors (Lipinski definition) is 5. The van der Waals surface area contributed by atoms with Crippen LogP contribution in [-0.4, -0.2) is 38.4 Å². The van der Waals surface area contributed by atoms with Crippen molar-refractivity contribution >= 4 is 16.2 Å². The van der Waals surface area contributed by atoms with Crippen LogP contribution in [0, 0.1) is 0 Å². The van der Waals surface area contributed by atoms with E-state index in [0.29, 0.717) is 5.75 Å². The number of rotatable bonds is 0. The molecule has 1 amide bonds. The predicted octanol–water partition coefficient (Wildman–Crippen LogP) is 3.06. The van der Waals surface area contributed by atoms with Crippen LogP contribution in [0.1, 0.15) is 13.3 Å². The van der Waals surface area contributed by atoms with Gasteiger partial charge in [-0.05, 0) is 31.2 Å². The van der Waals surface area contributed by atoms with Crippen molar-refractivity contribution in [2.24, 2.45) is 0 Å². The molecule has 132 valence electrons. The molecule has 2 bridgehead atoms. The van der Waals surface area contributed by atoms with Gasteiger partial charge >= 0.3 is 12.8 Å². The Bertz CT molecular complexity index is 733. The third-order valence-electron chi connectivity index (χ3n) is 3.35. The molecule has 3 heterocycles. The van der Waals surface area contributed by atoms with Crippen LogP contribution in [-0.2, 0) is 14.3 Å². The average Bonchev–Trinajstić information content (AvgIpc) is 2.46. The molecule has 3 aliphatic rings. The van der Waals surface area contributed by atoms with E-state index in [1.54, 1.807) is 19.1 Å². The van der Waals surface area contributed by atoms with Crippen LogP contribution in [0.4, 0.5) is 18.0 Å². The van der Waals surface area contributed by atoms with Crippen LogP contribution in [0.25, 0.3) is 0 Å². The Hall–Kier alpha value is -2.07. The lowest BCUT2D eigenvalue weighted by atomic mass is 10.1. The first-order valence-corrected chi connectivity index (χ1v) is 8.17. The highest BCUT2D eigenvalue weighted by atomic mass is 32.2. The number of halogens is 3. The molecule has 0 saturated carbocycles. The van der Waals surface area contributed by atoms with Gasteiger partial charge in [0.15, 0.2) is 5.72 Å². The van der Waals surface area contributed by atoms with Crippen molar-refractivity contribution in [3.63, 3.8) is 0 Å². The minimum atomic E-state index is -3.94. The molecule has 6 nitrogen and oxygen atoms in total. The molecule has 0 N–H and O–H groups in total. The lowest BCUT2D eigenvalue weighted by Gasteiger charge is -2.40. The Labute approximate surface area is 136 Å². The van der Waals surface area contributed by atoms with Gasteiger partial charge in [0.05, 0.1) is 4.90 Å². The van der Waals surface area contributed by atoms with Crippen LogP contribution < -0.4 is 4.74 Å².